The fourth-order valence-corrected chi connectivity index (χ4v) is 2.29. The van der Waals surface area contributed by atoms with Crippen molar-refractivity contribution >= 4 is 29.5 Å². The quantitative estimate of drug-likeness (QED) is 0.775. The summed E-state index contributed by atoms with van der Waals surface area (Å²) in [4.78, 5) is 15.5. The lowest BCUT2D eigenvalue weighted by Gasteiger charge is -2.08. The Morgan fingerprint density at radius 3 is 3.19 bits per heavy atom. The van der Waals surface area contributed by atoms with Gasteiger partial charge in [0, 0.05) is 11.6 Å². The zero-order valence-electron chi connectivity index (χ0n) is 8.94. The van der Waals surface area contributed by atoms with Crippen molar-refractivity contribution in [3.8, 4) is 0 Å². The summed E-state index contributed by atoms with van der Waals surface area (Å²) < 4.78 is 0. The highest BCUT2D eigenvalue weighted by Crippen LogP contribution is 2.06. The predicted octanol–water partition coefficient (Wildman–Crippen LogP) is 0.947. The van der Waals surface area contributed by atoms with Crippen LogP contribution in [0.2, 0.25) is 0 Å². The summed E-state index contributed by atoms with van der Waals surface area (Å²) >= 11 is 1.40. The van der Waals surface area contributed by atoms with Crippen LogP contribution < -0.4 is 10.6 Å². The van der Waals surface area contributed by atoms with E-state index in [4.69, 9.17) is 0 Å². The van der Waals surface area contributed by atoms with Gasteiger partial charge >= 0.3 is 0 Å². The van der Waals surface area contributed by atoms with Crippen LogP contribution in [0.25, 0.3) is 0 Å². The monoisotopic (exact) mass is 261 g/mol. The van der Waals surface area contributed by atoms with Gasteiger partial charge < -0.3 is 10.6 Å². The standard InChI is InChI=1S/C10H15N3OS.ClH/c14-9(10-13-3-4-15-10)7-12-6-8-1-2-11-5-8;/h3-4,8,11-12H,1-2,5-7H2;1H. The van der Waals surface area contributed by atoms with Crippen molar-refractivity contribution < 1.29 is 4.79 Å². The van der Waals surface area contributed by atoms with Gasteiger partial charge in [-0.2, -0.15) is 0 Å². The zero-order chi connectivity index (χ0) is 10.5. The molecule has 0 spiro atoms. The molecule has 0 aliphatic carbocycles. The number of rotatable bonds is 5. The molecule has 1 aromatic rings. The Bertz CT molecular complexity index is 312. The van der Waals surface area contributed by atoms with Gasteiger partial charge in [0.25, 0.3) is 0 Å². The van der Waals surface area contributed by atoms with Gasteiger partial charge in [-0.1, -0.05) is 0 Å². The van der Waals surface area contributed by atoms with E-state index < -0.39 is 0 Å². The van der Waals surface area contributed by atoms with E-state index in [0.29, 0.717) is 17.5 Å². The average Bonchev–Trinajstić information content (AvgIpc) is 2.90. The van der Waals surface area contributed by atoms with Gasteiger partial charge in [-0.05, 0) is 32.0 Å². The molecule has 6 heteroatoms. The third-order valence-electron chi connectivity index (χ3n) is 2.55. The number of thiazole rings is 1. The second-order valence-corrected chi connectivity index (χ2v) is 4.64. The summed E-state index contributed by atoms with van der Waals surface area (Å²) in [6.07, 6.45) is 2.87. The maximum absolute atomic E-state index is 11.5. The van der Waals surface area contributed by atoms with Gasteiger partial charge in [0.15, 0.2) is 5.01 Å². The second-order valence-electron chi connectivity index (χ2n) is 3.75. The van der Waals surface area contributed by atoms with Crippen LogP contribution in [0.5, 0.6) is 0 Å². The number of hydrogen-bond acceptors (Lipinski definition) is 5. The molecule has 1 atom stereocenters. The SMILES string of the molecule is Cl.O=C(CNCC1CCNC1)c1nccs1. The molecule has 2 rings (SSSR count). The number of carbonyl (C=O) groups is 1. The molecule has 1 saturated heterocycles. The molecule has 2 heterocycles. The first kappa shape index (κ1) is 13.6. The van der Waals surface area contributed by atoms with E-state index >= 15 is 0 Å². The largest absolute Gasteiger partial charge is 0.316 e. The summed E-state index contributed by atoms with van der Waals surface area (Å²) in [6, 6.07) is 0. The van der Waals surface area contributed by atoms with Crippen molar-refractivity contribution in [2.45, 2.75) is 6.42 Å². The van der Waals surface area contributed by atoms with Gasteiger partial charge in [-0.15, -0.1) is 23.7 Å². The topological polar surface area (TPSA) is 54.0 Å². The molecule has 2 N–H and O–H groups in total. The minimum atomic E-state index is 0. The van der Waals surface area contributed by atoms with Crippen molar-refractivity contribution in [2.24, 2.45) is 5.92 Å². The first-order valence-corrected chi connectivity index (χ1v) is 6.08. The van der Waals surface area contributed by atoms with E-state index in [2.05, 4.69) is 15.6 Å². The van der Waals surface area contributed by atoms with E-state index in [1.807, 2.05) is 5.38 Å². The molecule has 0 saturated carbocycles. The lowest BCUT2D eigenvalue weighted by Crippen LogP contribution is -2.29. The lowest BCUT2D eigenvalue weighted by molar-refractivity contribution is 0.0990. The van der Waals surface area contributed by atoms with Crippen molar-refractivity contribution in [1.82, 2.24) is 15.6 Å². The van der Waals surface area contributed by atoms with E-state index in [0.717, 1.165) is 19.6 Å². The van der Waals surface area contributed by atoms with Gasteiger partial charge in [0.05, 0.1) is 6.54 Å². The van der Waals surface area contributed by atoms with E-state index in [-0.39, 0.29) is 18.2 Å². The van der Waals surface area contributed by atoms with Gasteiger partial charge in [0.1, 0.15) is 0 Å². The minimum Gasteiger partial charge on any atom is -0.316 e. The highest BCUT2D eigenvalue weighted by molar-refractivity contribution is 7.11. The summed E-state index contributed by atoms with van der Waals surface area (Å²) in [5, 5.41) is 8.93. The third-order valence-corrected chi connectivity index (χ3v) is 3.37. The molecule has 0 radical (unpaired) electrons. The average molecular weight is 262 g/mol. The van der Waals surface area contributed by atoms with Crippen LogP contribution in [0.1, 0.15) is 16.2 Å². The van der Waals surface area contributed by atoms with Gasteiger partial charge in [0.2, 0.25) is 5.78 Å². The Morgan fingerprint density at radius 1 is 1.69 bits per heavy atom. The molecule has 1 fully saturated rings. The molecule has 1 aliphatic rings. The van der Waals surface area contributed by atoms with E-state index in [9.17, 15) is 4.79 Å². The number of carbonyl (C=O) groups excluding carboxylic acids is 1. The number of hydrogen-bond donors (Lipinski definition) is 2. The van der Waals surface area contributed by atoms with Gasteiger partial charge in [-0.3, -0.25) is 4.79 Å². The molecule has 0 bridgehead atoms. The Morgan fingerprint density at radius 2 is 2.56 bits per heavy atom. The maximum Gasteiger partial charge on any atom is 0.205 e. The molecular formula is C10H16ClN3OS. The summed E-state index contributed by atoms with van der Waals surface area (Å²) in [5.74, 6) is 0.769. The van der Waals surface area contributed by atoms with Crippen molar-refractivity contribution in [3.05, 3.63) is 16.6 Å². The summed E-state index contributed by atoms with van der Waals surface area (Å²) in [7, 11) is 0. The Balaban J connectivity index is 0.00000128. The molecule has 16 heavy (non-hydrogen) atoms. The Labute approximate surface area is 105 Å². The molecular weight excluding hydrogens is 246 g/mol. The fraction of sp³-hybridized carbons (Fsp3) is 0.600. The Hall–Kier alpha value is -0.490. The van der Waals surface area contributed by atoms with Crippen molar-refractivity contribution in [2.75, 3.05) is 26.2 Å². The number of ketones is 1. The van der Waals surface area contributed by atoms with Crippen LogP contribution in [0.4, 0.5) is 0 Å². The van der Waals surface area contributed by atoms with Crippen LogP contribution in [0.15, 0.2) is 11.6 Å². The van der Waals surface area contributed by atoms with Crippen molar-refractivity contribution in [3.63, 3.8) is 0 Å². The predicted molar refractivity (Wildman–Crippen MR) is 67.5 cm³/mol. The van der Waals surface area contributed by atoms with Crippen LogP contribution in [0, 0.1) is 5.92 Å². The number of Topliss-reactive ketones (excluding diaryl/α,β-unsaturated/α-hetero) is 1. The second kappa shape index (κ2) is 6.96. The first-order valence-electron chi connectivity index (χ1n) is 5.20. The summed E-state index contributed by atoms with van der Waals surface area (Å²) in [5.41, 5.74) is 0. The van der Waals surface area contributed by atoms with Crippen LogP contribution in [0.3, 0.4) is 0 Å². The third kappa shape index (κ3) is 3.83. The number of nitrogens with zero attached hydrogens (tertiary/aromatic N) is 1. The molecule has 4 nitrogen and oxygen atoms in total. The smallest absolute Gasteiger partial charge is 0.205 e. The molecule has 0 amide bonds. The number of halogens is 1. The maximum atomic E-state index is 11.5. The summed E-state index contributed by atoms with van der Waals surface area (Å²) in [6.45, 7) is 3.50. The molecule has 90 valence electrons. The highest BCUT2D eigenvalue weighted by Gasteiger charge is 2.14. The fourth-order valence-electron chi connectivity index (χ4n) is 1.72. The molecule has 1 aliphatic heterocycles. The number of nitrogens with one attached hydrogen (secondary N) is 2. The van der Waals surface area contributed by atoms with Crippen LogP contribution in [-0.2, 0) is 0 Å². The Kier molecular flexibility index (Phi) is 5.90. The van der Waals surface area contributed by atoms with Gasteiger partial charge in [-0.25, -0.2) is 4.98 Å². The van der Waals surface area contributed by atoms with E-state index in [1.54, 1.807) is 6.20 Å². The first-order chi connectivity index (χ1) is 7.36. The zero-order valence-corrected chi connectivity index (χ0v) is 10.6. The normalized spacial score (nSPS) is 19.4. The van der Waals surface area contributed by atoms with E-state index in [1.165, 1.54) is 17.8 Å². The molecule has 0 aromatic carbocycles. The van der Waals surface area contributed by atoms with Crippen LogP contribution >= 0.6 is 23.7 Å². The minimum absolute atomic E-state index is 0. The lowest BCUT2D eigenvalue weighted by atomic mass is 10.1. The van der Waals surface area contributed by atoms with Crippen molar-refractivity contribution in [1.29, 1.82) is 0 Å². The highest BCUT2D eigenvalue weighted by atomic mass is 35.5. The molecule has 1 unspecified atom stereocenters. The van der Waals surface area contributed by atoms with Crippen LogP contribution in [-0.4, -0.2) is 36.9 Å². The molecule has 1 aromatic heterocycles. The number of aromatic nitrogens is 1.